The Balaban J connectivity index is 2.24. The molecule has 0 amide bonds. The predicted molar refractivity (Wildman–Crippen MR) is 72.1 cm³/mol. The Kier molecular flexibility index (Phi) is 4.04. The molecule has 0 aromatic heterocycles. The van der Waals surface area contributed by atoms with E-state index in [1.54, 1.807) is 18.2 Å². The second-order valence-corrected chi connectivity index (χ2v) is 4.94. The van der Waals surface area contributed by atoms with Crippen LogP contribution in [0, 0.1) is 16.0 Å². The normalized spacial score (nSPS) is 16.9. The van der Waals surface area contributed by atoms with Gasteiger partial charge in [-0.25, -0.2) is 0 Å². The summed E-state index contributed by atoms with van der Waals surface area (Å²) in [4.78, 5) is 12.7. The maximum Gasteiger partial charge on any atom is 0.310 e. The molecule has 1 aromatic rings. The largest absolute Gasteiger partial charge is 0.366 e. The quantitative estimate of drug-likeness (QED) is 0.676. The smallest absolute Gasteiger partial charge is 0.310 e. The predicted octanol–water partition coefficient (Wildman–Crippen LogP) is 2.42. The summed E-state index contributed by atoms with van der Waals surface area (Å²) in [7, 11) is 0. The second kappa shape index (κ2) is 5.54. The Hall–Kier alpha value is -1.33. The lowest BCUT2D eigenvalue weighted by Crippen LogP contribution is -2.36. The van der Waals surface area contributed by atoms with Crippen LogP contribution in [0.3, 0.4) is 0 Å². The lowest BCUT2D eigenvalue weighted by atomic mass is 9.96. The molecule has 2 N–H and O–H groups in total. The number of piperidine rings is 1. The molecule has 2 rings (SSSR count). The Labute approximate surface area is 111 Å². The van der Waals surface area contributed by atoms with Crippen molar-refractivity contribution >= 4 is 23.0 Å². The van der Waals surface area contributed by atoms with Gasteiger partial charge in [-0.05, 0) is 37.4 Å². The van der Waals surface area contributed by atoms with Gasteiger partial charge < -0.3 is 10.6 Å². The van der Waals surface area contributed by atoms with E-state index in [1.165, 1.54) is 0 Å². The molecule has 6 heteroatoms. The molecule has 18 heavy (non-hydrogen) atoms. The van der Waals surface area contributed by atoms with E-state index in [0.717, 1.165) is 25.9 Å². The average Bonchev–Trinajstić information content (AvgIpc) is 2.38. The number of benzene rings is 1. The summed E-state index contributed by atoms with van der Waals surface area (Å²) in [6.45, 7) is 2.28. The first-order valence-electron chi connectivity index (χ1n) is 6.01. The number of halogens is 1. The number of anilines is 1. The van der Waals surface area contributed by atoms with Crippen molar-refractivity contribution in [1.82, 2.24) is 0 Å². The van der Waals surface area contributed by atoms with Crippen LogP contribution in [-0.4, -0.2) is 24.6 Å². The molecule has 1 saturated heterocycles. The highest BCUT2D eigenvalue weighted by Gasteiger charge is 2.26. The van der Waals surface area contributed by atoms with E-state index in [9.17, 15) is 10.1 Å². The van der Waals surface area contributed by atoms with Crippen molar-refractivity contribution < 1.29 is 4.92 Å². The van der Waals surface area contributed by atoms with Crippen LogP contribution in [0.2, 0.25) is 5.02 Å². The minimum absolute atomic E-state index is 0.00497. The molecule has 1 fully saturated rings. The number of nitro benzene ring substituents is 1. The van der Waals surface area contributed by atoms with E-state index in [-0.39, 0.29) is 10.7 Å². The summed E-state index contributed by atoms with van der Waals surface area (Å²) >= 11 is 5.91. The highest BCUT2D eigenvalue weighted by Crippen LogP contribution is 2.36. The number of para-hydroxylation sites is 1. The van der Waals surface area contributed by atoms with Crippen LogP contribution in [0.15, 0.2) is 18.2 Å². The zero-order valence-corrected chi connectivity index (χ0v) is 10.8. The molecule has 98 valence electrons. The van der Waals surface area contributed by atoms with E-state index in [1.807, 2.05) is 4.90 Å². The van der Waals surface area contributed by atoms with Crippen LogP contribution in [0.4, 0.5) is 11.4 Å². The third-order valence-corrected chi connectivity index (χ3v) is 3.74. The van der Waals surface area contributed by atoms with Crippen LogP contribution in [0.25, 0.3) is 0 Å². The third-order valence-electron chi connectivity index (χ3n) is 3.44. The van der Waals surface area contributed by atoms with Crippen molar-refractivity contribution in [2.45, 2.75) is 12.8 Å². The lowest BCUT2D eigenvalue weighted by Gasteiger charge is -2.32. The number of nitrogens with zero attached hydrogens (tertiary/aromatic N) is 2. The third kappa shape index (κ3) is 2.57. The van der Waals surface area contributed by atoms with Crippen LogP contribution >= 0.6 is 11.6 Å². The Morgan fingerprint density at radius 2 is 2.11 bits per heavy atom. The minimum Gasteiger partial charge on any atom is -0.366 e. The summed E-state index contributed by atoms with van der Waals surface area (Å²) in [5, 5.41) is 11.3. The highest BCUT2D eigenvalue weighted by molar-refractivity contribution is 6.33. The lowest BCUT2D eigenvalue weighted by molar-refractivity contribution is -0.384. The average molecular weight is 270 g/mol. The summed E-state index contributed by atoms with van der Waals surface area (Å²) in [6.07, 6.45) is 1.94. The standard InChI is InChI=1S/C12H16ClN3O2/c13-10-2-1-3-11(12(10)16(17)18)15-6-4-9(8-14)5-7-15/h1-3,9H,4-8,14H2. The van der Waals surface area contributed by atoms with Gasteiger partial charge in [0, 0.05) is 13.1 Å². The van der Waals surface area contributed by atoms with Gasteiger partial charge in [0.05, 0.1) is 4.92 Å². The van der Waals surface area contributed by atoms with Gasteiger partial charge in [-0.2, -0.15) is 0 Å². The van der Waals surface area contributed by atoms with E-state index in [4.69, 9.17) is 17.3 Å². The highest BCUT2D eigenvalue weighted by atomic mass is 35.5. The first-order valence-corrected chi connectivity index (χ1v) is 6.39. The van der Waals surface area contributed by atoms with Crippen LogP contribution in [-0.2, 0) is 0 Å². The van der Waals surface area contributed by atoms with Crippen molar-refractivity contribution in [3.8, 4) is 0 Å². The number of nitro groups is 1. The maximum absolute atomic E-state index is 11.1. The first-order chi connectivity index (χ1) is 8.63. The van der Waals surface area contributed by atoms with Gasteiger partial charge >= 0.3 is 5.69 Å². The zero-order valence-electron chi connectivity index (χ0n) is 10.0. The Morgan fingerprint density at radius 1 is 1.44 bits per heavy atom. The van der Waals surface area contributed by atoms with E-state index in [2.05, 4.69) is 0 Å². The molecule has 1 aliphatic rings. The Bertz CT molecular complexity index is 445. The second-order valence-electron chi connectivity index (χ2n) is 4.53. The molecule has 0 atom stereocenters. The zero-order chi connectivity index (χ0) is 13.1. The summed E-state index contributed by atoms with van der Waals surface area (Å²) in [6, 6.07) is 5.06. The molecule has 0 saturated carbocycles. The minimum atomic E-state index is -0.410. The fourth-order valence-electron chi connectivity index (χ4n) is 2.35. The van der Waals surface area contributed by atoms with Crippen LogP contribution < -0.4 is 10.6 Å². The van der Waals surface area contributed by atoms with Crippen LogP contribution in [0.5, 0.6) is 0 Å². The molecule has 0 bridgehead atoms. The van der Waals surface area contributed by atoms with E-state index < -0.39 is 4.92 Å². The van der Waals surface area contributed by atoms with Crippen molar-refractivity contribution in [2.24, 2.45) is 11.7 Å². The SMILES string of the molecule is NCC1CCN(c2cccc(Cl)c2[N+](=O)[O-])CC1. The fraction of sp³-hybridized carbons (Fsp3) is 0.500. The van der Waals surface area contributed by atoms with Gasteiger partial charge in [0.2, 0.25) is 0 Å². The molecule has 1 aromatic carbocycles. The summed E-state index contributed by atoms with van der Waals surface area (Å²) < 4.78 is 0. The van der Waals surface area contributed by atoms with E-state index in [0.29, 0.717) is 18.2 Å². The summed E-state index contributed by atoms with van der Waals surface area (Å²) in [5.74, 6) is 0.527. The molecule has 0 radical (unpaired) electrons. The molecule has 0 spiro atoms. The van der Waals surface area contributed by atoms with Crippen molar-refractivity contribution in [3.63, 3.8) is 0 Å². The summed E-state index contributed by atoms with van der Waals surface area (Å²) in [5.41, 5.74) is 6.26. The van der Waals surface area contributed by atoms with Crippen molar-refractivity contribution in [3.05, 3.63) is 33.3 Å². The van der Waals surface area contributed by atoms with Gasteiger partial charge in [-0.3, -0.25) is 10.1 Å². The molecule has 0 aliphatic carbocycles. The Morgan fingerprint density at radius 3 is 2.67 bits per heavy atom. The molecule has 5 nitrogen and oxygen atoms in total. The number of nitrogens with two attached hydrogens (primary N) is 1. The van der Waals surface area contributed by atoms with Crippen LogP contribution in [0.1, 0.15) is 12.8 Å². The molecule has 1 heterocycles. The monoisotopic (exact) mass is 269 g/mol. The number of rotatable bonds is 3. The molecular weight excluding hydrogens is 254 g/mol. The van der Waals surface area contributed by atoms with Gasteiger partial charge in [0.15, 0.2) is 0 Å². The molecule has 1 aliphatic heterocycles. The van der Waals surface area contributed by atoms with Crippen molar-refractivity contribution in [1.29, 1.82) is 0 Å². The maximum atomic E-state index is 11.1. The number of hydrogen-bond acceptors (Lipinski definition) is 4. The van der Waals surface area contributed by atoms with Gasteiger partial charge in [-0.15, -0.1) is 0 Å². The van der Waals surface area contributed by atoms with Gasteiger partial charge in [0.25, 0.3) is 0 Å². The van der Waals surface area contributed by atoms with Crippen molar-refractivity contribution in [2.75, 3.05) is 24.5 Å². The fourth-order valence-corrected chi connectivity index (χ4v) is 2.59. The molecular formula is C12H16ClN3O2. The van der Waals surface area contributed by atoms with E-state index >= 15 is 0 Å². The number of hydrogen-bond donors (Lipinski definition) is 1. The van der Waals surface area contributed by atoms with Gasteiger partial charge in [0.1, 0.15) is 10.7 Å². The van der Waals surface area contributed by atoms with Gasteiger partial charge in [-0.1, -0.05) is 17.7 Å². The molecule has 0 unspecified atom stereocenters. The first kappa shape index (κ1) is 13.1. The topological polar surface area (TPSA) is 72.4 Å².